The normalized spacial score (nSPS) is 10.9. The molecule has 0 radical (unpaired) electrons. The summed E-state index contributed by atoms with van der Waals surface area (Å²) in [6.45, 7) is 7.10. The minimum absolute atomic E-state index is 0.0869. The number of nitrogens with one attached hydrogen (secondary N) is 1. The number of esters is 1. The fourth-order valence-electron chi connectivity index (χ4n) is 3.37. The molecule has 4 aromatic rings. The van der Waals surface area contributed by atoms with Gasteiger partial charge in [0, 0.05) is 10.9 Å². The highest BCUT2D eigenvalue weighted by atomic mass is 32.1. The molecule has 4 rings (SSSR count). The summed E-state index contributed by atoms with van der Waals surface area (Å²) in [6.07, 6.45) is 3.78. The van der Waals surface area contributed by atoms with Crippen molar-refractivity contribution in [3.05, 3.63) is 75.1 Å². The van der Waals surface area contributed by atoms with Crippen molar-refractivity contribution in [3.8, 4) is 11.1 Å². The number of aromatic nitrogens is 3. The van der Waals surface area contributed by atoms with Gasteiger partial charge in [-0.25, -0.2) is 14.8 Å². The number of amides is 1. The highest BCUT2D eigenvalue weighted by Gasteiger charge is 2.19. The number of hydrogen-bond acceptors (Lipinski definition) is 8. The lowest BCUT2D eigenvalue weighted by molar-refractivity contribution is -0.116. The van der Waals surface area contributed by atoms with Gasteiger partial charge < -0.3 is 10.1 Å². The monoisotopic (exact) mass is 494 g/mol. The molecule has 3 aromatic heterocycles. The smallest absolute Gasteiger partial charge is 0.350 e. The number of carbonyl (C=O) groups excluding carboxylic acids is 2. The third kappa shape index (κ3) is 4.82. The molecule has 0 unspecified atom stereocenters. The molecule has 1 aromatic carbocycles. The topological polar surface area (TPSA) is 103 Å². The summed E-state index contributed by atoms with van der Waals surface area (Å²) < 4.78 is 6.30. The average molecular weight is 495 g/mol. The van der Waals surface area contributed by atoms with Crippen molar-refractivity contribution in [2.24, 2.45) is 0 Å². The van der Waals surface area contributed by atoms with E-state index in [1.165, 1.54) is 33.9 Å². The van der Waals surface area contributed by atoms with E-state index in [-0.39, 0.29) is 23.8 Å². The molecular formula is C24H22N4O4S2. The minimum Gasteiger partial charge on any atom is -0.457 e. The number of fused-ring (bicyclic) bond motifs is 1. The largest absolute Gasteiger partial charge is 0.457 e. The van der Waals surface area contributed by atoms with Crippen LogP contribution in [-0.4, -0.2) is 33.0 Å². The fraction of sp³-hybridized carbons (Fsp3) is 0.208. The maximum Gasteiger partial charge on any atom is 0.350 e. The average Bonchev–Trinajstić information content (AvgIpc) is 3.43. The summed E-state index contributed by atoms with van der Waals surface area (Å²) in [6, 6.07) is 8.07. The maximum atomic E-state index is 13.2. The van der Waals surface area contributed by atoms with E-state index in [1.807, 2.05) is 29.6 Å². The van der Waals surface area contributed by atoms with E-state index in [9.17, 15) is 14.4 Å². The van der Waals surface area contributed by atoms with Crippen molar-refractivity contribution < 1.29 is 14.3 Å². The SMILES string of the molecule is C=CCOC(=O)c1sc(NC(=O)Cn2cnc3scc(-c4ccc(CC)cc4)c3c2=O)nc1C. The lowest BCUT2D eigenvalue weighted by Crippen LogP contribution is -2.27. The second-order valence-corrected chi connectivity index (χ2v) is 9.28. The summed E-state index contributed by atoms with van der Waals surface area (Å²) >= 11 is 2.41. The second kappa shape index (κ2) is 10.1. The Kier molecular flexibility index (Phi) is 6.99. The Morgan fingerprint density at radius 1 is 1.26 bits per heavy atom. The molecule has 34 heavy (non-hydrogen) atoms. The predicted octanol–water partition coefficient (Wildman–Crippen LogP) is 4.43. The van der Waals surface area contributed by atoms with Gasteiger partial charge in [0.2, 0.25) is 5.91 Å². The summed E-state index contributed by atoms with van der Waals surface area (Å²) in [5, 5.41) is 5.30. The quantitative estimate of drug-likeness (QED) is 0.287. The van der Waals surface area contributed by atoms with Crippen molar-refractivity contribution in [2.75, 3.05) is 11.9 Å². The number of thiophene rings is 1. The molecule has 0 aliphatic carbocycles. The molecule has 0 saturated carbocycles. The number of ether oxygens (including phenoxy) is 1. The van der Waals surface area contributed by atoms with Crippen LogP contribution in [0.3, 0.4) is 0 Å². The van der Waals surface area contributed by atoms with Crippen molar-refractivity contribution in [1.29, 1.82) is 0 Å². The standard InChI is InChI=1S/C24H22N4O4S2/c1-4-10-32-23(31)20-14(3)26-24(34-20)27-18(29)11-28-13-25-21-19(22(28)30)17(12-33-21)16-8-6-15(5-2)7-9-16/h4,6-9,12-13H,1,5,10-11H2,2-3H3,(H,26,27,29). The number of aryl methyl sites for hydroxylation is 2. The summed E-state index contributed by atoms with van der Waals surface area (Å²) in [4.78, 5) is 47.4. The van der Waals surface area contributed by atoms with Crippen LogP contribution in [-0.2, 0) is 22.5 Å². The number of hydrogen-bond donors (Lipinski definition) is 1. The number of anilines is 1. The number of nitrogens with zero attached hydrogens (tertiary/aromatic N) is 3. The van der Waals surface area contributed by atoms with Crippen LogP contribution in [0.15, 0.2) is 53.4 Å². The molecule has 0 bridgehead atoms. The first-order valence-corrected chi connectivity index (χ1v) is 12.2. The Hall–Kier alpha value is -3.63. The first kappa shape index (κ1) is 23.5. The van der Waals surface area contributed by atoms with Crippen LogP contribution in [0.2, 0.25) is 0 Å². The molecule has 3 heterocycles. The van der Waals surface area contributed by atoms with E-state index in [1.54, 1.807) is 6.92 Å². The van der Waals surface area contributed by atoms with Crippen LogP contribution in [0.1, 0.15) is 27.9 Å². The van der Waals surface area contributed by atoms with Gasteiger partial charge in [0.15, 0.2) is 5.13 Å². The molecule has 0 atom stereocenters. The zero-order chi connectivity index (χ0) is 24.2. The van der Waals surface area contributed by atoms with Crippen LogP contribution in [0.5, 0.6) is 0 Å². The van der Waals surface area contributed by atoms with Crippen molar-refractivity contribution in [1.82, 2.24) is 14.5 Å². The van der Waals surface area contributed by atoms with Gasteiger partial charge in [-0.05, 0) is 24.5 Å². The number of benzene rings is 1. The molecule has 0 saturated heterocycles. The summed E-state index contributed by atoms with van der Waals surface area (Å²) in [5.74, 6) is -0.981. The van der Waals surface area contributed by atoms with Gasteiger partial charge in [-0.3, -0.25) is 14.2 Å². The van der Waals surface area contributed by atoms with Gasteiger partial charge in [-0.1, -0.05) is 55.2 Å². The van der Waals surface area contributed by atoms with E-state index < -0.39 is 11.9 Å². The van der Waals surface area contributed by atoms with Gasteiger partial charge in [0.25, 0.3) is 5.56 Å². The van der Waals surface area contributed by atoms with Gasteiger partial charge in [0.1, 0.15) is 22.9 Å². The van der Waals surface area contributed by atoms with Crippen molar-refractivity contribution in [3.63, 3.8) is 0 Å². The Morgan fingerprint density at radius 2 is 2.03 bits per heavy atom. The van der Waals surface area contributed by atoms with E-state index in [2.05, 4.69) is 28.8 Å². The summed E-state index contributed by atoms with van der Waals surface area (Å²) in [5.41, 5.74) is 3.10. The Morgan fingerprint density at radius 3 is 2.74 bits per heavy atom. The predicted molar refractivity (Wildman–Crippen MR) is 135 cm³/mol. The van der Waals surface area contributed by atoms with Crippen molar-refractivity contribution in [2.45, 2.75) is 26.8 Å². The van der Waals surface area contributed by atoms with E-state index in [4.69, 9.17) is 4.74 Å². The number of rotatable bonds is 8. The van der Waals surface area contributed by atoms with Crippen molar-refractivity contribution >= 4 is 49.9 Å². The molecule has 174 valence electrons. The first-order valence-electron chi connectivity index (χ1n) is 10.5. The van der Waals surface area contributed by atoms with Gasteiger partial charge >= 0.3 is 5.97 Å². The molecule has 1 N–H and O–H groups in total. The zero-order valence-electron chi connectivity index (χ0n) is 18.7. The third-order valence-corrected chi connectivity index (χ3v) is 7.05. The van der Waals surface area contributed by atoms with E-state index in [0.29, 0.717) is 20.8 Å². The Bertz CT molecular complexity index is 1430. The second-order valence-electron chi connectivity index (χ2n) is 7.43. The third-order valence-electron chi connectivity index (χ3n) is 5.11. The van der Waals surface area contributed by atoms with E-state index >= 15 is 0 Å². The maximum absolute atomic E-state index is 13.2. The lowest BCUT2D eigenvalue weighted by Gasteiger charge is -2.06. The lowest BCUT2D eigenvalue weighted by atomic mass is 10.0. The summed E-state index contributed by atoms with van der Waals surface area (Å²) in [7, 11) is 0. The van der Waals surface area contributed by atoms with Gasteiger partial charge in [-0.15, -0.1) is 11.3 Å². The fourth-order valence-corrected chi connectivity index (χ4v) is 5.15. The van der Waals surface area contributed by atoms with Gasteiger partial charge in [0.05, 0.1) is 17.4 Å². The Balaban J connectivity index is 1.55. The Labute approximate surface area is 203 Å². The van der Waals surface area contributed by atoms with Crippen LogP contribution >= 0.6 is 22.7 Å². The molecule has 8 nitrogen and oxygen atoms in total. The molecule has 0 fully saturated rings. The molecule has 0 aliphatic rings. The van der Waals surface area contributed by atoms with Crippen LogP contribution in [0.4, 0.5) is 5.13 Å². The number of thiazole rings is 1. The minimum atomic E-state index is -0.529. The highest BCUT2D eigenvalue weighted by molar-refractivity contribution is 7.17. The van der Waals surface area contributed by atoms with Crippen LogP contribution < -0.4 is 10.9 Å². The first-order chi connectivity index (χ1) is 16.4. The number of carbonyl (C=O) groups is 2. The molecular weight excluding hydrogens is 472 g/mol. The zero-order valence-corrected chi connectivity index (χ0v) is 20.3. The molecule has 0 aliphatic heterocycles. The molecule has 10 heteroatoms. The van der Waals surface area contributed by atoms with E-state index in [0.717, 1.165) is 28.9 Å². The van der Waals surface area contributed by atoms with Crippen LogP contribution in [0.25, 0.3) is 21.3 Å². The molecule has 1 amide bonds. The highest BCUT2D eigenvalue weighted by Crippen LogP contribution is 2.31. The molecule has 0 spiro atoms. The van der Waals surface area contributed by atoms with Gasteiger partial charge in [-0.2, -0.15) is 0 Å². The van der Waals surface area contributed by atoms with Crippen LogP contribution in [0, 0.1) is 6.92 Å².